The van der Waals surface area contributed by atoms with E-state index in [1.54, 1.807) is 6.92 Å². The Morgan fingerprint density at radius 3 is 2.43 bits per heavy atom. The zero-order valence-corrected chi connectivity index (χ0v) is 9.68. The molecule has 0 aliphatic heterocycles. The van der Waals surface area contributed by atoms with Gasteiger partial charge in [-0.1, -0.05) is 33.1 Å². The number of rotatable bonds is 5. The summed E-state index contributed by atoms with van der Waals surface area (Å²) in [5.41, 5.74) is 6.02. The summed E-state index contributed by atoms with van der Waals surface area (Å²) in [6.45, 7) is 6.05. The number of nitrogens with two attached hydrogens (primary N) is 1. The second kappa shape index (κ2) is 4.43. The van der Waals surface area contributed by atoms with Gasteiger partial charge in [-0.05, 0) is 31.1 Å². The molecule has 0 amide bonds. The first-order valence-electron chi connectivity index (χ1n) is 5.67. The molecule has 1 saturated carbocycles. The molecule has 0 saturated heterocycles. The third kappa shape index (κ3) is 3.41. The van der Waals surface area contributed by atoms with Crippen LogP contribution in [0.4, 0.5) is 0 Å². The van der Waals surface area contributed by atoms with Crippen molar-refractivity contribution in [3.63, 3.8) is 0 Å². The average Bonchev–Trinajstić information content (AvgIpc) is 1.96. The first-order chi connectivity index (χ1) is 6.41. The highest BCUT2D eigenvalue weighted by molar-refractivity contribution is 5.81. The summed E-state index contributed by atoms with van der Waals surface area (Å²) in [7, 11) is 0. The second-order valence-electron chi connectivity index (χ2n) is 5.59. The Hall–Kier alpha value is -0.370. The van der Waals surface area contributed by atoms with Gasteiger partial charge in [0.2, 0.25) is 0 Å². The van der Waals surface area contributed by atoms with E-state index in [0.29, 0.717) is 0 Å². The number of ketones is 1. The molecule has 2 heteroatoms. The van der Waals surface area contributed by atoms with E-state index in [9.17, 15) is 4.79 Å². The van der Waals surface area contributed by atoms with E-state index in [1.807, 2.05) is 0 Å². The zero-order chi connectivity index (χ0) is 10.8. The van der Waals surface area contributed by atoms with Gasteiger partial charge in [-0.2, -0.15) is 0 Å². The van der Waals surface area contributed by atoms with E-state index in [2.05, 4.69) is 13.8 Å². The summed E-state index contributed by atoms with van der Waals surface area (Å²) in [4.78, 5) is 11.1. The summed E-state index contributed by atoms with van der Waals surface area (Å²) >= 11 is 0. The van der Waals surface area contributed by atoms with Gasteiger partial charge in [0.05, 0.1) is 6.04 Å². The molecule has 0 aromatic heterocycles. The Bertz CT molecular complexity index is 206. The van der Waals surface area contributed by atoms with Crippen molar-refractivity contribution in [1.82, 2.24) is 0 Å². The highest BCUT2D eigenvalue weighted by Crippen LogP contribution is 2.39. The van der Waals surface area contributed by atoms with E-state index in [1.165, 1.54) is 25.7 Å². The summed E-state index contributed by atoms with van der Waals surface area (Å²) in [5.74, 6) is 1.01. The van der Waals surface area contributed by atoms with Gasteiger partial charge in [-0.15, -0.1) is 0 Å². The Morgan fingerprint density at radius 1 is 1.50 bits per heavy atom. The van der Waals surface area contributed by atoms with Crippen molar-refractivity contribution >= 4 is 5.78 Å². The highest BCUT2D eigenvalue weighted by atomic mass is 16.1. The SMILES string of the molecule is CC(=O)[C@@H](N)CC(C)(C)CC1CCC1. The molecule has 1 rings (SSSR count). The normalized spacial score (nSPS) is 20.3. The molecule has 0 aromatic rings. The molecule has 0 spiro atoms. The molecule has 1 fully saturated rings. The van der Waals surface area contributed by atoms with Crippen LogP contribution in [-0.4, -0.2) is 11.8 Å². The molecular formula is C12H23NO. The maximum Gasteiger partial charge on any atom is 0.146 e. The molecule has 1 aliphatic carbocycles. The lowest BCUT2D eigenvalue weighted by Gasteiger charge is -2.35. The molecule has 2 N–H and O–H groups in total. The smallest absolute Gasteiger partial charge is 0.146 e. The predicted molar refractivity (Wildman–Crippen MR) is 59.0 cm³/mol. The maximum atomic E-state index is 11.1. The molecule has 2 nitrogen and oxygen atoms in total. The molecule has 1 atom stereocenters. The zero-order valence-electron chi connectivity index (χ0n) is 9.68. The lowest BCUT2D eigenvalue weighted by atomic mass is 9.71. The van der Waals surface area contributed by atoms with Gasteiger partial charge in [0.15, 0.2) is 0 Å². The average molecular weight is 197 g/mol. The van der Waals surface area contributed by atoms with E-state index in [4.69, 9.17) is 5.73 Å². The fourth-order valence-electron chi connectivity index (χ4n) is 2.30. The third-order valence-electron chi connectivity index (χ3n) is 3.36. The van der Waals surface area contributed by atoms with E-state index in [0.717, 1.165) is 12.3 Å². The van der Waals surface area contributed by atoms with E-state index < -0.39 is 0 Å². The van der Waals surface area contributed by atoms with Crippen molar-refractivity contribution in [2.75, 3.05) is 0 Å². The molecule has 0 aromatic carbocycles. The summed E-state index contributed by atoms with van der Waals surface area (Å²) in [5, 5.41) is 0. The van der Waals surface area contributed by atoms with Crippen molar-refractivity contribution in [3.8, 4) is 0 Å². The fourth-order valence-corrected chi connectivity index (χ4v) is 2.30. The van der Waals surface area contributed by atoms with Gasteiger partial charge in [0.25, 0.3) is 0 Å². The van der Waals surface area contributed by atoms with Gasteiger partial charge < -0.3 is 5.73 Å². The van der Waals surface area contributed by atoms with Crippen LogP contribution in [-0.2, 0) is 4.79 Å². The number of hydrogen-bond acceptors (Lipinski definition) is 2. The topological polar surface area (TPSA) is 43.1 Å². The lowest BCUT2D eigenvalue weighted by molar-refractivity contribution is -0.119. The second-order valence-corrected chi connectivity index (χ2v) is 5.59. The molecule has 1 aliphatic rings. The van der Waals surface area contributed by atoms with Crippen molar-refractivity contribution in [3.05, 3.63) is 0 Å². The Kier molecular flexibility index (Phi) is 3.71. The van der Waals surface area contributed by atoms with Crippen LogP contribution in [0.5, 0.6) is 0 Å². The number of Topliss-reactive ketones (excluding diaryl/α,β-unsaturated/α-hetero) is 1. The van der Waals surface area contributed by atoms with Gasteiger partial charge in [0.1, 0.15) is 5.78 Å². The molecule has 82 valence electrons. The number of carbonyl (C=O) groups excluding carboxylic acids is 1. The molecule has 0 unspecified atom stereocenters. The van der Waals surface area contributed by atoms with Crippen molar-refractivity contribution in [2.45, 2.75) is 58.9 Å². The van der Waals surface area contributed by atoms with Crippen LogP contribution in [0.2, 0.25) is 0 Å². The predicted octanol–water partition coefficient (Wildman–Crippen LogP) is 2.51. The largest absolute Gasteiger partial charge is 0.322 e. The number of carbonyl (C=O) groups is 1. The maximum absolute atomic E-state index is 11.1. The summed E-state index contributed by atoms with van der Waals surface area (Å²) in [6.07, 6.45) is 6.20. The van der Waals surface area contributed by atoms with Gasteiger partial charge in [0, 0.05) is 0 Å². The van der Waals surface area contributed by atoms with Gasteiger partial charge in [-0.3, -0.25) is 4.79 Å². The first-order valence-corrected chi connectivity index (χ1v) is 5.67. The third-order valence-corrected chi connectivity index (χ3v) is 3.36. The molecule has 0 radical (unpaired) electrons. The molecule has 14 heavy (non-hydrogen) atoms. The van der Waals surface area contributed by atoms with Crippen LogP contribution in [0.25, 0.3) is 0 Å². The minimum Gasteiger partial charge on any atom is -0.322 e. The van der Waals surface area contributed by atoms with Crippen molar-refractivity contribution in [2.24, 2.45) is 17.1 Å². The van der Waals surface area contributed by atoms with E-state index >= 15 is 0 Å². The summed E-state index contributed by atoms with van der Waals surface area (Å²) in [6, 6.07) is -0.259. The monoisotopic (exact) mass is 197 g/mol. The minimum absolute atomic E-state index is 0.117. The van der Waals surface area contributed by atoms with Crippen LogP contribution in [0.15, 0.2) is 0 Å². The molecule has 0 heterocycles. The van der Waals surface area contributed by atoms with Crippen molar-refractivity contribution in [1.29, 1.82) is 0 Å². The van der Waals surface area contributed by atoms with Crippen LogP contribution in [0, 0.1) is 11.3 Å². The van der Waals surface area contributed by atoms with Gasteiger partial charge >= 0.3 is 0 Å². The highest BCUT2D eigenvalue weighted by Gasteiger charge is 2.29. The molecular weight excluding hydrogens is 174 g/mol. The lowest BCUT2D eigenvalue weighted by Crippen LogP contribution is -2.35. The standard InChI is InChI=1S/C12H23NO/c1-9(14)11(13)8-12(2,3)7-10-5-4-6-10/h10-11H,4-8,13H2,1-3H3/t11-/m0/s1. The van der Waals surface area contributed by atoms with Gasteiger partial charge in [-0.25, -0.2) is 0 Å². The Balaban J connectivity index is 2.35. The van der Waals surface area contributed by atoms with Crippen LogP contribution in [0.1, 0.15) is 52.9 Å². The first kappa shape index (κ1) is 11.7. The van der Waals surface area contributed by atoms with Crippen LogP contribution >= 0.6 is 0 Å². The van der Waals surface area contributed by atoms with E-state index in [-0.39, 0.29) is 17.2 Å². The van der Waals surface area contributed by atoms with Crippen LogP contribution < -0.4 is 5.73 Å². The summed E-state index contributed by atoms with van der Waals surface area (Å²) < 4.78 is 0. The molecule has 0 bridgehead atoms. The Labute approximate surface area is 87.2 Å². The quantitative estimate of drug-likeness (QED) is 0.736. The fraction of sp³-hybridized carbons (Fsp3) is 0.917. The van der Waals surface area contributed by atoms with Crippen molar-refractivity contribution < 1.29 is 4.79 Å². The Morgan fingerprint density at radius 2 is 2.07 bits per heavy atom. The van der Waals surface area contributed by atoms with Crippen LogP contribution in [0.3, 0.4) is 0 Å². The number of hydrogen-bond donors (Lipinski definition) is 1. The minimum atomic E-state index is -0.259.